The highest BCUT2D eigenvalue weighted by Crippen LogP contribution is 2.13. The Morgan fingerprint density at radius 3 is 2.95 bits per heavy atom. The number of benzene rings is 1. The molecule has 1 heterocycles. The molecule has 1 amide bonds. The summed E-state index contributed by atoms with van der Waals surface area (Å²) in [5.74, 6) is 0.0433. The van der Waals surface area contributed by atoms with Crippen LogP contribution in [0.25, 0.3) is 0 Å². The molecule has 110 valence electrons. The standard InChI is InChI=1S/C15H24N4O/c1-12-11-18(2)8-9-19(12)7-6-15(20)17-14-5-3-4-13(16)10-14/h3-5,10,12H,6-9,11,16H2,1-2H3,(H,17,20). The average Bonchev–Trinajstić information content (AvgIpc) is 2.37. The van der Waals surface area contributed by atoms with Crippen LogP contribution in [0, 0.1) is 0 Å². The third-order valence-electron chi connectivity index (χ3n) is 3.76. The van der Waals surface area contributed by atoms with Crippen molar-refractivity contribution >= 4 is 17.3 Å². The van der Waals surface area contributed by atoms with Crippen molar-refractivity contribution in [2.75, 3.05) is 44.3 Å². The van der Waals surface area contributed by atoms with E-state index in [9.17, 15) is 4.79 Å². The summed E-state index contributed by atoms with van der Waals surface area (Å²) in [5, 5.41) is 2.89. The molecule has 0 aromatic heterocycles. The topological polar surface area (TPSA) is 61.6 Å². The third-order valence-corrected chi connectivity index (χ3v) is 3.76. The Balaban J connectivity index is 1.78. The number of nitrogens with zero attached hydrogens (tertiary/aromatic N) is 2. The van der Waals surface area contributed by atoms with Crippen molar-refractivity contribution in [3.63, 3.8) is 0 Å². The molecule has 20 heavy (non-hydrogen) atoms. The molecule has 3 N–H and O–H groups in total. The predicted molar refractivity (Wildman–Crippen MR) is 82.6 cm³/mol. The Morgan fingerprint density at radius 2 is 2.25 bits per heavy atom. The average molecular weight is 276 g/mol. The van der Waals surface area contributed by atoms with Crippen LogP contribution in [0.15, 0.2) is 24.3 Å². The largest absolute Gasteiger partial charge is 0.399 e. The molecule has 1 fully saturated rings. The number of anilines is 2. The van der Waals surface area contributed by atoms with Crippen LogP contribution in [0.4, 0.5) is 11.4 Å². The number of hydrogen-bond acceptors (Lipinski definition) is 4. The lowest BCUT2D eigenvalue weighted by atomic mass is 10.2. The monoisotopic (exact) mass is 276 g/mol. The number of nitrogens with two attached hydrogens (primary N) is 1. The number of carbonyl (C=O) groups is 1. The van der Waals surface area contributed by atoms with Crippen LogP contribution >= 0.6 is 0 Å². The number of carbonyl (C=O) groups excluding carboxylic acids is 1. The molecule has 5 heteroatoms. The quantitative estimate of drug-likeness (QED) is 0.812. The van der Waals surface area contributed by atoms with E-state index in [1.807, 2.05) is 18.2 Å². The van der Waals surface area contributed by atoms with Crippen molar-refractivity contribution in [3.05, 3.63) is 24.3 Å². The zero-order valence-electron chi connectivity index (χ0n) is 12.3. The summed E-state index contributed by atoms with van der Waals surface area (Å²) in [7, 11) is 2.14. The molecule has 1 aliphatic heterocycles. The van der Waals surface area contributed by atoms with Crippen molar-refractivity contribution in [1.82, 2.24) is 9.80 Å². The molecular weight excluding hydrogens is 252 g/mol. The van der Waals surface area contributed by atoms with E-state index in [0.717, 1.165) is 31.9 Å². The van der Waals surface area contributed by atoms with Gasteiger partial charge in [-0.05, 0) is 32.2 Å². The fourth-order valence-electron chi connectivity index (χ4n) is 2.59. The molecular formula is C15H24N4O. The molecule has 1 atom stereocenters. The van der Waals surface area contributed by atoms with Gasteiger partial charge >= 0.3 is 0 Å². The molecule has 1 aliphatic rings. The summed E-state index contributed by atoms with van der Waals surface area (Å²) in [6, 6.07) is 7.78. The van der Waals surface area contributed by atoms with Crippen molar-refractivity contribution in [2.24, 2.45) is 0 Å². The molecule has 5 nitrogen and oxygen atoms in total. The van der Waals surface area contributed by atoms with Gasteiger partial charge in [0.2, 0.25) is 5.91 Å². The molecule has 2 rings (SSSR count). The van der Waals surface area contributed by atoms with Gasteiger partial charge in [-0.15, -0.1) is 0 Å². The van der Waals surface area contributed by atoms with Gasteiger partial charge in [0.15, 0.2) is 0 Å². The highest BCUT2D eigenvalue weighted by atomic mass is 16.1. The summed E-state index contributed by atoms with van der Waals surface area (Å²) in [5.41, 5.74) is 7.12. The summed E-state index contributed by atoms with van der Waals surface area (Å²) in [6.45, 7) is 6.19. The van der Waals surface area contributed by atoms with E-state index >= 15 is 0 Å². The van der Waals surface area contributed by atoms with Gasteiger partial charge in [-0.3, -0.25) is 9.69 Å². The Kier molecular flexibility index (Phi) is 4.98. The van der Waals surface area contributed by atoms with E-state index in [2.05, 4.69) is 29.1 Å². The van der Waals surface area contributed by atoms with Crippen molar-refractivity contribution in [3.8, 4) is 0 Å². The summed E-state index contributed by atoms with van der Waals surface area (Å²) in [4.78, 5) is 16.6. The molecule has 1 aromatic carbocycles. The van der Waals surface area contributed by atoms with Crippen LogP contribution in [-0.4, -0.2) is 55.0 Å². The first-order chi connectivity index (χ1) is 9.54. The van der Waals surface area contributed by atoms with E-state index < -0.39 is 0 Å². The number of amides is 1. The minimum atomic E-state index is 0.0433. The summed E-state index contributed by atoms with van der Waals surface area (Å²) in [6.07, 6.45) is 0.517. The van der Waals surface area contributed by atoms with E-state index in [0.29, 0.717) is 18.2 Å². The highest BCUT2D eigenvalue weighted by molar-refractivity contribution is 5.91. The molecule has 0 spiro atoms. The van der Waals surface area contributed by atoms with Gasteiger partial charge in [-0.2, -0.15) is 0 Å². The smallest absolute Gasteiger partial charge is 0.225 e. The molecule has 1 aromatic rings. The molecule has 1 unspecified atom stereocenters. The lowest BCUT2D eigenvalue weighted by molar-refractivity contribution is -0.116. The minimum Gasteiger partial charge on any atom is -0.399 e. The minimum absolute atomic E-state index is 0.0433. The molecule has 0 saturated carbocycles. The second-order valence-electron chi connectivity index (χ2n) is 5.57. The first-order valence-electron chi connectivity index (χ1n) is 7.12. The SMILES string of the molecule is CC1CN(C)CCN1CCC(=O)Nc1cccc(N)c1. The maximum absolute atomic E-state index is 11.9. The molecule has 0 radical (unpaired) electrons. The van der Waals surface area contributed by atoms with Crippen molar-refractivity contribution in [2.45, 2.75) is 19.4 Å². The maximum Gasteiger partial charge on any atom is 0.225 e. The van der Waals surface area contributed by atoms with Crippen molar-refractivity contribution in [1.29, 1.82) is 0 Å². The number of hydrogen-bond donors (Lipinski definition) is 2. The zero-order valence-corrected chi connectivity index (χ0v) is 12.3. The van der Waals surface area contributed by atoms with Crippen molar-refractivity contribution < 1.29 is 4.79 Å². The number of rotatable bonds is 4. The first kappa shape index (κ1) is 14.8. The van der Waals surface area contributed by atoms with Gasteiger partial charge in [-0.25, -0.2) is 0 Å². The van der Waals surface area contributed by atoms with Gasteiger partial charge in [0.05, 0.1) is 0 Å². The van der Waals surface area contributed by atoms with E-state index in [1.165, 1.54) is 0 Å². The fraction of sp³-hybridized carbons (Fsp3) is 0.533. The van der Waals surface area contributed by atoms with Gasteiger partial charge in [0.1, 0.15) is 0 Å². The van der Waals surface area contributed by atoms with Gasteiger partial charge < -0.3 is 16.0 Å². The van der Waals surface area contributed by atoms with E-state index in [4.69, 9.17) is 5.73 Å². The Bertz CT molecular complexity index is 463. The lowest BCUT2D eigenvalue weighted by Crippen LogP contribution is -2.50. The van der Waals surface area contributed by atoms with Crippen LogP contribution in [0.5, 0.6) is 0 Å². The normalized spacial score (nSPS) is 20.8. The van der Waals surface area contributed by atoms with Crippen LogP contribution < -0.4 is 11.1 Å². The van der Waals surface area contributed by atoms with E-state index in [-0.39, 0.29) is 5.91 Å². The summed E-state index contributed by atoms with van der Waals surface area (Å²) >= 11 is 0. The van der Waals surface area contributed by atoms with Crippen LogP contribution in [-0.2, 0) is 4.79 Å². The zero-order chi connectivity index (χ0) is 14.5. The summed E-state index contributed by atoms with van der Waals surface area (Å²) < 4.78 is 0. The van der Waals surface area contributed by atoms with Crippen LogP contribution in [0.3, 0.4) is 0 Å². The number of nitrogen functional groups attached to an aromatic ring is 1. The first-order valence-corrected chi connectivity index (χ1v) is 7.12. The second-order valence-corrected chi connectivity index (χ2v) is 5.57. The predicted octanol–water partition coefficient (Wildman–Crippen LogP) is 1.23. The molecule has 0 aliphatic carbocycles. The third kappa shape index (κ3) is 4.21. The Labute approximate surface area is 120 Å². The highest BCUT2D eigenvalue weighted by Gasteiger charge is 2.21. The number of piperazine rings is 1. The fourth-order valence-corrected chi connectivity index (χ4v) is 2.59. The second kappa shape index (κ2) is 6.72. The van der Waals surface area contributed by atoms with Crippen LogP contribution in [0.1, 0.15) is 13.3 Å². The Hall–Kier alpha value is -1.59. The molecule has 1 saturated heterocycles. The van der Waals surface area contributed by atoms with Gasteiger partial charge in [-0.1, -0.05) is 6.07 Å². The molecule has 0 bridgehead atoms. The van der Waals surface area contributed by atoms with Gasteiger partial charge in [0.25, 0.3) is 0 Å². The lowest BCUT2D eigenvalue weighted by Gasteiger charge is -2.38. The van der Waals surface area contributed by atoms with Crippen LogP contribution in [0.2, 0.25) is 0 Å². The number of likely N-dealkylation sites (N-methyl/N-ethyl adjacent to an activating group) is 1. The van der Waals surface area contributed by atoms with Gasteiger partial charge in [0, 0.05) is 50.0 Å². The Morgan fingerprint density at radius 1 is 1.45 bits per heavy atom. The van der Waals surface area contributed by atoms with E-state index in [1.54, 1.807) is 6.07 Å². The maximum atomic E-state index is 11.9. The number of nitrogens with one attached hydrogen (secondary N) is 1.